The lowest BCUT2D eigenvalue weighted by Crippen LogP contribution is -2.17. The lowest BCUT2D eigenvalue weighted by Gasteiger charge is -2.17. The molecule has 0 radical (unpaired) electrons. The average Bonchev–Trinajstić information content (AvgIpc) is 2.95. The van der Waals surface area contributed by atoms with E-state index in [-0.39, 0.29) is 17.6 Å². The second kappa shape index (κ2) is 10.7. The van der Waals surface area contributed by atoms with E-state index >= 15 is 0 Å². The van der Waals surface area contributed by atoms with Crippen LogP contribution in [-0.4, -0.2) is 29.6 Å². The molecule has 1 N–H and O–H groups in total. The van der Waals surface area contributed by atoms with E-state index in [4.69, 9.17) is 0 Å². The molecule has 1 atom stereocenters. The third-order valence-electron chi connectivity index (χ3n) is 5.07. The van der Waals surface area contributed by atoms with Crippen LogP contribution in [0.4, 0.5) is 14.5 Å². The molecule has 1 unspecified atom stereocenters. The Hall–Kier alpha value is -1.70. The fourth-order valence-corrected chi connectivity index (χ4v) is 4.26. The molecule has 178 valence electrons. The number of anilines is 1. The van der Waals surface area contributed by atoms with Crippen LogP contribution in [0.3, 0.4) is 0 Å². The van der Waals surface area contributed by atoms with Crippen LogP contribution in [0, 0.1) is 5.92 Å². The summed E-state index contributed by atoms with van der Waals surface area (Å²) in [5.74, 6) is -0.930. The topological polar surface area (TPSA) is 64.0 Å². The summed E-state index contributed by atoms with van der Waals surface area (Å²) >= 11 is 0. The van der Waals surface area contributed by atoms with Gasteiger partial charge < -0.3 is 4.57 Å². The summed E-state index contributed by atoms with van der Waals surface area (Å²) in [6, 6.07) is 5.48. The van der Waals surface area contributed by atoms with Crippen molar-refractivity contribution in [2.45, 2.75) is 85.5 Å². The summed E-state index contributed by atoms with van der Waals surface area (Å²) in [6.45, 7) is 13.2. The van der Waals surface area contributed by atoms with Crippen LogP contribution in [0.2, 0.25) is 0 Å². The first-order valence-electron chi connectivity index (χ1n) is 10.9. The van der Waals surface area contributed by atoms with Crippen molar-refractivity contribution in [2.75, 3.05) is 10.5 Å². The van der Waals surface area contributed by atoms with Crippen molar-refractivity contribution in [3.63, 3.8) is 0 Å². The van der Waals surface area contributed by atoms with Gasteiger partial charge in [0.05, 0.1) is 22.5 Å². The molecule has 1 heterocycles. The van der Waals surface area contributed by atoms with Gasteiger partial charge in [0, 0.05) is 18.9 Å². The lowest BCUT2D eigenvalue weighted by molar-refractivity contribution is 0.00712. The van der Waals surface area contributed by atoms with E-state index in [0.29, 0.717) is 24.4 Å². The minimum absolute atomic E-state index is 0.0298. The van der Waals surface area contributed by atoms with Crippen LogP contribution >= 0.6 is 0 Å². The smallest absolute Gasteiger partial charge is 0.245 e. The molecule has 0 spiro atoms. The molecule has 1 aromatic carbocycles. The highest BCUT2D eigenvalue weighted by Gasteiger charge is 2.22. The predicted molar refractivity (Wildman–Crippen MR) is 126 cm³/mol. The molecular formula is C23H39F2N3O2S. The number of nitrogens with one attached hydrogen (secondary N) is 1. The molecule has 0 amide bonds. The summed E-state index contributed by atoms with van der Waals surface area (Å²) in [6.07, 6.45) is 2.26. The number of hydrogen-bond donors (Lipinski definition) is 1. The van der Waals surface area contributed by atoms with Gasteiger partial charge in [-0.3, -0.25) is 4.72 Å². The first kappa shape index (κ1) is 27.3. The second-order valence-corrected chi connectivity index (χ2v) is 11.3. The number of aryl methyl sites for hydroxylation is 1. The van der Waals surface area contributed by atoms with E-state index in [0.717, 1.165) is 30.2 Å². The molecule has 5 nitrogen and oxygen atoms in total. The molecule has 0 aliphatic rings. The van der Waals surface area contributed by atoms with Gasteiger partial charge >= 0.3 is 0 Å². The number of benzene rings is 1. The summed E-state index contributed by atoms with van der Waals surface area (Å²) < 4.78 is 52.8. The maximum absolute atomic E-state index is 12.2. The van der Waals surface area contributed by atoms with E-state index in [1.54, 1.807) is 12.1 Å². The normalized spacial score (nSPS) is 13.6. The van der Waals surface area contributed by atoms with Crippen molar-refractivity contribution >= 4 is 26.7 Å². The van der Waals surface area contributed by atoms with Crippen molar-refractivity contribution in [1.82, 2.24) is 9.55 Å². The van der Waals surface area contributed by atoms with Crippen molar-refractivity contribution in [2.24, 2.45) is 13.0 Å². The first-order chi connectivity index (χ1) is 14.1. The summed E-state index contributed by atoms with van der Waals surface area (Å²) in [4.78, 5) is 4.65. The van der Waals surface area contributed by atoms with E-state index in [1.165, 1.54) is 0 Å². The van der Waals surface area contributed by atoms with E-state index in [9.17, 15) is 17.2 Å². The van der Waals surface area contributed by atoms with Gasteiger partial charge in [-0.05, 0) is 43.9 Å². The molecule has 0 fully saturated rings. The number of hydrogen-bond acceptors (Lipinski definition) is 3. The summed E-state index contributed by atoms with van der Waals surface area (Å²) in [5, 5.41) is 0. The van der Waals surface area contributed by atoms with Gasteiger partial charge in [-0.25, -0.2) is 22.2 Å². The Bertz CT molecular complexity index is 942. The van der Waals surface area contributed by atoms with E-state index < -0.39 is 15.9 Å². The number of imidazole rings is 1. The molecule has 2 aromatic rings. The minimum atomic E-state index is -3.27. The molecular weight excluding hydrogens is 420 g/mol. The number of sulfonamides is 1. The Labute approximate surface area is 186 Å². The Morgan fingerprint density at radius 2 is 1.77 bits per heavy atom. The average molecular weight is 460 g/mol. The molecule has 0 saturated heterocycles. The quantitative estimate of drug-likeness (QED) is 0.491. The van der Waals surface area contributed by atoms with Gasteiger partial charge in [0.1, 0.15) is 5.82 Å². The predicted octanol–water partition coefficient (Wildman–Crippen LogP) is 6.49. The Morgan fingerprint density at radius 1 is 1.16 bits per heavy atom. The van der Waals surface area contributed by atoms with Gasteiger partial charge in [0.25, 0.3) is 0 Å². The zero-order valence-corrected chi connectivity index (χ0v) is 21.0. The molecule has 1 aromatic heterocycles. The van der Waals surface area contributed by atoms with Crippen LogP contribution < -0.4 is 4.72 Å². The van der Waals surface area contributed by atoms with E-state index in [1.807, 2.05) is 33.9 Å². The number of aromatic nitrogens is 2. The van der Waals surface area contributed by atoms with E-state index in [2.05, 4.69) is 35.0 Å². The van der Waals surface area contributed by atoms with Gasteiger partial charge in [-0.15, -0.1) is 0 Å². The number of rotatable bonds is 8. The molecule has 0 saturated carbocycles. The van der Waals surface area contributed by atoms with Crippen molar-refractivity contribution < 1.29 is 17.2 Å². The van der Waals surface area contributed by atoms with Crippen LogP contribution in [-0.2, 0) is 22.5 Å². The monoisotopic (exact) mass is 459 g/mol. The highest BCUT2D eigenvalue weighted by Crippen LogP contribution is 2.27. The fraction of sp³-hybridized carbons (Fsp3) is 0.696. The molecule has 0 aliphatic carbocycles. The highest BCUT2D eigenvalue weighted by molar-refractivity contribution is 7.92. The van der Waals surface area contributed by atoms with Gasteiger partial charge in [0.2, 0.25) is 15.9 Å². The van der Waals surface area contributed by atoms with Crippen molar-refractivity contribution in [1.29, 1.82) is 0 Å². The van der Waals surface area contributed by atoms with Gasteiger partial charge in [-0.2, -0.15) is 0 Å². The second-order valence-electron chi connectivity index (χ2n) is 9.49. The SMILES string of the molecule is CCC(C)CCC(C)(F)F.CCCS(=O)(=O)Nc1ccc2c(c1)nc(C(C)(C)C)n2C. The molecule has 8 heteroatoms. The third kappa shape index (κ3) is 9.13. The maximum Gasteiger partial charge on any atom is 0.245 e. The standard InChI is InChI=1S/C15H23N3O2S.C8H16F2/c1-6-9-21(19,20)17-11-7-8-13-12(10-11)16-14(18(13)5)15(2,3)4;1-4-7(2)5-6-8(3,9)10/h7-8,10,17H,6,9H2,1-5H3;7H,4-6H2,1-3H3. The zero-order valence-electron chi connectivity index (χ0n) is 20.2. The molecule has 0 bridgehead atoms. The van der Waals surface area contributed by atoms with Gasteiger partial charge in [-0.1, -0.05) is 48.0 Å². The maximum atomic E-state index is 12.2. The van der Waals surface area contributed by atoms with Crippen molar-refractivity contribution in [3.8, 4) is 0 Å². The van der Waals surface area contributed by atoms with Crippen LogP contribution in [0.1, 0.15) is 80.0 Å². The summed E-state index contributed by atoms with van der Waals surface area (Å²) in [7, 11) is -1.29. The Balaban J connectivity index is 0.000000407. The molecule has 31 heavy (non-hydrogen) atoms. The van der Waals surface area contributed by atoms with Crippen molar-refractivity contribution in [3.05, 3.63) is 24.0 Å². The van der Waals surface area contributed by atoms with Crippen LogP contribution in [0.25, 0.3) is 11.0 Å². The van der Waals surface area contributed by atoms with Gasteiger partial charge in [0.15, 0.2) is 0 Å². The number of halogens is 2. The Morgan fingerprint density at radius 3 is 2.26 bits per heavy atom. The number of alkyl halides is 2. The van der Waals surface area contributed by atoms with Crippen LogP contribution in [0.5, 0.6) is 0 Å². The third-order valence-corrected chi connectivity index (χ3v) is 6.56. The minimum Gasteiger partial charge on any atom is -0.331 e. The highest BCUT2D eigenvalue weighted by atomic mass is 32.2. The number of fused-ring (bicyclic) bond motifs is 1. The molecule has 2 rings (SSSR count). The molecule has 0 aliphatic heterocycles. The Kier molecular flexibility index (Phi) is 9.48. The van der Waals surface area contributed by atoms with Crippen LogP contribution in [0.15, 0.2) is 18.2 Å². The summed E-state index contributed by atoms with van der Waals surface area (Å²) in [5.41, 5.74) is 2.31. The first-order valence-corrected chi connectivity index (χ1v) is 12.6. The number of nitrogens with zero attached hydrogens (tertiary/aromatic N) is 2. The lowest BCUT2D eigenvalue weighted by atomic mass is 9.96. The fourth-order valence-electron chi connectivity index (χ4n) is 3.14. The zero-order chi connectivity index (χ0) is 24.0. The largest absolute Gasteiger partial charge is 0.331 e.